The monoisotopic (exact) mass is 321 g/mol. The number of hydrogen-bond acceptors (Lipinski definition) is 1. The van der Waals surface area contributed by atoms with E-state index in [1.165, 1.54) is 11.6 Å². The van der Waals surface area contributed by atoms with E-state index in [0.29, 0.717) is 4.47 Å². The van der Waals surface area contributed by atoms with Crippen LogP contribution < -0.4 is 5.32 Å². The summed E-state index contributed by atoms with van der Waals surface area (Å²) in [5.74, 6) is -0.221. The average molecular weight is 322 g/mol. The van der Waals surface area contributed by atoms with E-state index in [2.05, 4.69) is 45.5 Å². The number of rotatable bonds is 5. The number of benzene rings is 2. The van der Waals surface area contributed by atoms with Gasteiger partial charge >= 0.3 is 0 Å². The Morgan fingerprint density at radius 2 is 1.89 bits per heavy atom. The predicted octanol–water partition coefficient (Wildman–Crippen LogP) is 4.48. The molecule has 0 fully saturated rings. The van der Waals surface area contributed by atoms with E-state index in [1.807, 2.05) is 25.2 Å². The van der Waals surface area contributed by atoms with Crippen LogP contribution in [-0.4, -0.2) is 7.05 Å². The number of aryl methyl sites for hydroxylation is 1. The Labute approximate surface area is 122 Å². The summed E-state index contributed by atoms with van der Waals surface area (Å²) < 4.78 is 13.8. The van der Waals surface area contributed by atoms with Crippen LogP contribution in [0, 0.1) is 5.82 Å². The SMILES string of the molecule is CNC(CCc1ccccc1)c1ccc(F)c(Br)c1. The van der Waals surface area contributed by atoms with Crippen LogP contribution in [0.1, 0.15) is 23.6 Å². The molecule has 2 aromatic carbocycles. The Morgan fingerprint density at radius 3 is 2.53 bits per heavy atom. The molecule has 0 bridgehead atoms. The van der Waals surface area contributed by atoms with Gasteiger partial charge in [0.1, 0.15) is 5.82 Å². The van der Waals surface area contributed by atoms with Gasteiger partial charge in [-0.2, -0.15) is 0 Å². The minimum absolute atomic E-state index is 0.221. The molecular weight excluding hydrogens is 305 g/mol. The zero-order valence-corrected chi connectivity index (χ0v) is 12.5. The van der Waals surface area contributed by atoms with E-state index < -0.39 is 0 Å². The summed E-state index contributed by atoms with van der Waals surface area (Å²) in [6.07, 6.45) is 1.99. The maximum absolute atomic E-state index is 13.2. The first-order valence-corrected chi connectivity index (χ1v) is 7.16. The van der Waals surface area contributed by atoms with Crippen molar-refractivity contribution in [3.05, 3.63) is 69.9 Å². The van der Waals surface area contributed by atoms with Crippen molar-refractivity contribution in [1.29, 1.82) is 0 Å². The van der Waals surface area contributed by atoms with Crippen molar-refractivity contribution in [2.45, 2.75) is 18.9 Å². The third kappa shape index (κ3) is 3.88. The topological polar surface area (TPSA) is 12.0 Å². The summed E-state index contributed by atoms with van der Waals surface area (Å²) in [7, 11) is 1.94. The Morgan fingerprint density at radius 1 is 1.16 bits per heavy atom. The summed E-state index contributed by atoms with van der Waals surface area (Å²) >= 11 is 3.24. The Balaban J connectivity index is 2.05. The normalized spacial score (nSPS) is 12.4. The van der Waals surface area contributed by atoms with Gasteiger partial charge in [0, 0.05) is 6.04 Å². The third-order valence-electron chi connectivity index (χ3n) is 3.26. The second kappa shape index (κ2) is 6.83. The zero-order chi connectivity index (χ0) is 13.7. The molecule has 19 heavy (non-hydrogen) atoms. The van der Waals surface area contributed by atoms with Crippen LogP contribution in [0.25, 0.3) is 0 Å². The molecule has 0 radical (unpaired) electrons. The molecule has 1 N–H and O–H groups in total. The van der Waals surface area contributed by atoms with Crippen molar-refractivity contribution in [2.24, 2.45) is 0 Å². The minimum atomic E-state index is -0.221. The maximum Gasteiger partial charge on any atom is 0.137 e. The van der Waals surface area contributed by atoms with E-state index in [1.54, 1.807) is 0 Å². The smallest absolute Gasteiger partial charge is 0.137 e. The fourth-order valence-corrected chi connectivity index (χ4v) is 2.56. The molecule has 1 nitrogen and oxygen atoms in total. The molecule has 0 saturated heterocycles. The van der Waals surface area contributed by atoms with Gasteiger partial charge in [0.25, 0.3) is 0 Å². The van der Waals surface area contributed by atoms with Gasteiger partial charge in [-0.25, -0.2) is 4.39 Å². The lowest BCUT2D eigenvalue weighted by Gasteiger charge is -2.17. The van der Waals surface area contributed by atoms with Crippen LogP contribution >= 0.6 is 15.9 Å². The molecule has 0 aromatic heterocycles. The third-order valence-corrected chi connectivity index (χ3v) is 3.87. The fraction of sp³-hybridized carbons (Fsp3) is 0.250. The van der Waals surface area contributed by atoms with Crippen molar-refractivity contribution in [1.82, 2.24) is 5.32 Å². The molecule has 0 aliphatic carbocycles. The molecule has 0 amide bonds. The summed E-state index contributed by atoms with van der Waals surface area (Å²) in [6.45, 7) is 0. The van der Waals surface area contributed by atoms with Crippen LogP contribution in [0.15, 0.2) is 53.0 Å². The predicted molar refractivity (Wildman–Crippen MR) is 80.7 cm³/mol. The molecule has 1 atom stereocenters. The van der Waals surface area contributed by atoms with Crippen LogP contribution in [-0.2, 0) is 6.42 Å². The highest BCUT2D eigenvalue weighted by Gasteiger charge is 2.11. The summed E-state index contributed by atoms with van der Waals surface area (Å²) in [5.41, 5.74) is 2.43. The quantitative estimate of drug-likeness (QED) is 0.856. The van der Waals surface area contributed by atoms with Gasteiger partial charge in [0.05, 0.1) is 4.47 Å². The molecule has 2 rings (SSSR count). The van der Waals surface area contributed by atoms with Crippen LogP contribution in [0.4, 0.5) is 4.39 Å². The van der Waals surface area contributed by atoms with E-state index in [4.69, 9.17) is 0 Å². The lowest BCUT2D eigenvalue weighted by Crippen LogP contribution is -2.17. The molecule has 0 heterocycles. The average Bonchev–Trinajstić information content (AvgIpc) is 2.44. The Kier molecular flexibility index (Phi) is 5.11. The first-order chi connectivity index (χ1) is 9.20. The molecule has 0 aliphatic heterocycles. The summed E-state index contributed by atoms with van der Waals surface area (Å²) in [4.78, 5) is 0. The second-order valence-electron chi connectivity index (χ2n) is 4.54. The molecule has 0 saturated carbocycles. The van der Waals surface area contributed by atoms with Gasteiger partial charge < -0.3 is 5.32 Å². The highest BCUT2D eigenvalue weighted by Crippen LogP contribution is 2.24. The maximum atomic E-state index is 13.2. The van der Waals surface area contributed by atoms with Crippen LogP contribution in [0.3, 0.4) is 0 Å². The highest BCUT2D eigenvalue weighted by molar-refractivity contribution is 9.10. The van der Waals surface area contributed by atoms with Gasteiger partial charge in [0.2, 0.25) is 0 Å². The molecule has 0 spiro atoms. The minimum Gasteiger partial charge on any atom is -0.313 e. The molecule has 0 aliphatic rings. The van der Waals surface area contributed by atoms with Crippen molar-refractivity contribution < 1.29 is 4.39 Å². The van der Waals surface area contributed by atoms with Gasteiger partial charge in [-0.05, 0) is 59.1 Å². The van der Waals surface area contributed by atoms with E-state index in [0.717, 1.165) is 18.4 Å². The number of halogens is 2. The standard InChI is InChI=1S/C16H17BrFN/c1-19-16(10-7-12-5-3-2-4-6-12)13-8-9-15(18)14(17)11-13/h2-6,8-9,11,16,19H,7,10H2,1H3. The molecule has 2 aromatic rings. The summed E-state index contributed by atoms with van der Waals surface area (Å²) in [6, 6.07) is 15.8. The van der Waals surface area contributed by atoms with Gasteiger partial charge in [-0.3, -0.25) is 0 Å². The zero-order valence-electron chi connectivity index (χ0n) is 10.9. The molecule has 1 unspecified atom stereocenters. The van der Waals surface area contributed by atoms with Gasteiger partial charge in [-0.1, -0.05) is 36.4 Å². The summed E-state index contributed by atoms with van der Waals surface area (Å²) in [5, 5.41) is 3.29. The number of hydrogen-bond donors (Lipinski definition) is 1. The largest absolute Gasteiger partial charge is 0.313 e. The second-order valence-corrected chi connectivity index (χ2v) is 5.39. The van der Waals surface area contributed by atoms with E-state index in [9.17, 15) is 4.39 Å². The van der Waals surface area contributed by atoms with Gasteiger partial charge in [0.15, 0.2) is 0 Å². The van der Waals surface area contributed by atoms with Crippen LogP contribution in [0.2, 0.25) is 0 Å². The Bertz CT molecular complexity index is 528. The van der Waals surface area contributed by atoms with Crippen molar-refractivity contribution >= 4 is 15.9 Å². The van der Waals surface area contributed by atoms with Crippen molar-refractivity contribution in [3.63, 3.8) is 0 Å². The molecule has 3 heteroatoms. The first kappa shape index (κ1) is 14.2. The Hall–Kier alpha value is -1.19. The lowest BCUT2D eigenvalue weighted by molar-refractivity contribution is 0.546. The highest BCUT2D eigenvalue weighted by atomic mass is 79.9. The molecular formula is C16H17BrFN. The van der Waals surface area contributed by atoms with Gasteiger partial charge in [-0.15, -0.1) is 0 Å². The van der Waals surface area contributed by atoms with Crippen molar-refractivity contribution in [2.75, 3.05) is 7.05 Å². The fourth-order valence-electron chi connectivity index (χ4n) is 2.16. The van der Waals surface area contributed by atoms with E-state index >= 15 is 0 Å². The molecule has 100 valence electrons. The number of nitrogens with one attached hydrogen (secondary N) is 1. The van der Waals surface area contributed by atoms with Crippen molar-refractivity contribution in [3.8, 4) is 0 Å². The lowest BCUT2D eigenvalue weighted by atomic mass is 9.99. The first-order valence-electron chi connectivity index (χ1n) is 6.37. The van der Waals surface area contributed by atoms with Crippen LogP contribution in [0.5, 0.6) is 0 Å². The van der Waals surface area contributed by atoms with E-state index in [-0.39, 0.29) is 11.9 Å².